The van der Waals surface area contributed by atoms with Crippen molar-refractivity contribution < 1.29 is 20.1 Å². The predicted octanol–water partition coefficient (Wildman–Crippen LogP) is 5.46. The molecule has 0 aromatic heterocycles. The Morgan fingerprint density at radius 3 is 2.50 bits per heavy atom. The van der Waals surface area contributed by atoms with Crippen molar-refractivity contribution in [1.29, 1.82) is 0 Å². The van der Waals surface area contributed by atoms with Crippen molar-refractivity contribution >= 4 is 28.7 Å². The third-order valence-electron chi connectivity index (χ3n) is 4.69. The van der Waals surface area contributed by atoms with Crippen molar-refractivity contribution in [2.24, 2.45) is 5.92 Å². The Hall–Kier alpha value is -1.31. The van der Waals surface area contributed by atoms with Gasteiger partial charge in [-0.05, 0) is 76.6 Å². The largest absolute Gasteiger partial charge is 0.504 e. The summed E-state index contributed by atoms with van der Waals surface area (Å²) < 4.78 is 5.98. The highest BCUT2D eigenvalue weighted by Crippen LogP contribution is 2.34. The molecule has 0 amide bonds. The number of halogens is 1. The van der Waals surface area contributed by atoms with E-state index in [0.717, 1.165) is 39.5 Å². The van der Waals surface area contributed by atoms with E-state index in [0.29, 0.717) is 12.2 Å². The van der Waals surface area contributed by atoms with Crippen LogP contribution < -0.4 is 4.74 Å². The number of phenolic OH excluding ortho intramolecular Hbond substituents is 1. The summed E-state index contributed by atoms with van der Waals surface area (Å²) in [7, 11) is 1.54. The number of rotatable bonds is 11. The van der Waals surface area contributed by atoms with E-state index in [9.17, 15) is 15.3 Å². The molecule has 0 aliphatic heterocycles. The van der Waals surface area contributed by atoms with Crippen LogP contribution in [0.4, 0.5) is 0 Å². The number of phenols is 1. The summed E-state index contributed by atoms with van der Waals surface area (Å²) in [5, 5.41) is 30.0. The van der Waals surface area contributed by atoms with Crippen LogP contribution in [0.2, 0.25) is 0 Å². The Bertz CT molecular complexity index is 720. The van der Waals surface area contributed by atoms with Crippen LogP contribution in [0.25, 0.3) is 6.08 Å². The summed E-state index contributed by atoms with van der Waals surface area (Å²) in [5.74, 6) is 0.818. The van der Waals surface area contributed by atoms with Crippen molar-refractivity contribution in [2.75, 3.05) is 13.7 Å². The topological polar surface area (TPSA) is 69.9 Å². The van der Waals surface area contributed by atoms with Gasteiger partial charge >= 0.3 is 0 Å². The van der Waals surface area contributed by atoms with Crippen LogP contribution in [0.1, 0.15) is 52.0 Å². The fourth-order valence-electron chi connectivity index (χ4n) is 3.05. The summed E-state index contributed by atoms with van der Waals surface area (Å²) in [6, 6.07) is 3.74. The van der Waals surface area contributed by atoms with Crippen LogP contribution in [-0.2, 0) is 0 Å². The zero-order valence-corrected chi connectivity index (χ0v) is 19.5. The molecule has 5 heteroatoms. The first-order chi connectivity index (χ1) is 13.2. The lowest BCUT2D eigenvalue weighted by molar-refractivity contribution is 0.199. The Labute approximate surface area is 182 Å². The molecular formula is C23H33IO4. The Kier molecular flexibility index (Phi) is 10.9. The van der Waals surface area contributed by atoms with Gasteiger partial charge in [0.2, 0.25) is 0 Å². The molecule has 4 nitrogen and oxygen atoms in total. The fraction of sp³-hybridized carbons (Fsp3) is 0.478. The monoisotopic (exact) mass is 500 g/mol. The summed E-state index contributed by atoms with van der Waals surface area (Å²) in [6.45, 7) is 10.1. The molecule has 0 aliphatic carbocycles. The highest BCUT2D eigenvalue weighted by atomic mass is 127. The van der Waals surface area contributed by atoms with E-state index in [1.54, 1.807) is 13.2 Å². The average molecular weight is 500 g/mol. The number of methoxy groups -OCH3 is 1. The molecule has 3 N–H and O–H groups in total. The maximum atomic E-state index is 10.7. The van der Waals surface area contributed by atoms with E-state index in [1.165, 1.54) is 5.57 Å². The third kappa shape index (κ3) is 7.26. The van der Waals surface area contributed by atoms with Gasteiger partial charge in [-0.2, -0.15) is 0 Å². The van der Waals surface area contributed by atoms with E-state index >= 15 is 0 Å². The number of aromatic hydroxyl groups is 1. The van der Waals surface area contributed by atoms with Gasteiger partial charge in [-0.3, -0.25) is 0 Å². The highest BCUT2D eigenvalue weighted by Gasteiger charge is 2.17. The Morgan fingerprint density at radius 1 is 1.29 bits per heavy atom. The van der Waals surface area contributed by atoms with Crippen LogP contribution in [0.15, 0.2) is 41.5 Å². The van der Waals surface area contributed by atoms with Crippen LogP contribution >= 0.6 is 22.6 Å². The number of hydrogen-bond acceptors (Lipinski definition) is 4. The molecule has 0 saturated carbocycles. The predicted molar refractivity (Wildman–Crippen MR) is 125 cm³/mol. The standard InChI is InChI=1S/C23H33IO4/c1-6-7-17(12-18-13-20(24)23(27)22(14-18)28-5)8-9-21(26)19(10-11-25)16(4)15(2)3/h10,12-15,21,25-27H,4,6-9,11H2,1-3,5H3/b17-12+,19-10-. The first kappa shape index (κ1) is 24.7. The minimum atomic E-state index is -0.656. The van der Waals surface area contributed by atoms with E-state index in [-0.39, 0.29) is 18.3 Å². The molecule has 156 valence electrons. The van der Waals surface area contributed by atoms with Crippen molar-refractivity contribution in [3.8, 4) is 11.5 Å². The molecule has 1 unspecified atom stereocenters. The minimum Gasteiger partial charge on any atom is -0.504 e. The molecule has 0 radical (unpaired) electrons. The molecule has 1 rings (SSSR count). The van der Waals surface area contributed by atoms with Crippen molar-refractivity contribution in [3.05, 3.63) is 50.6 Å². The van der Waals surface area contributed by atoms with E-state index in [4.69, 9.17) is 4.74 Å². The van der Waals surface area contributed by atoms with Gasteiger partial charge in [-0.1, -0.05) is 51.5 Å². The number of ether oxygens (including phenoxy) is 1. The number of aliphatic hydroxyl groups is 2. The molecule has 0 heterocycles. The van der Waals surface area contributed by atoms with Gasteiger partial charge in [0.15, 0.2) is 11.5 Å². The highest BCUT2D eigenvalue weighted by molar-refractivity contribution is 14.1. The first-order valence-corrected chi connectivity index (χ1v) is 10.8. The molecule has 0 bridgehead atoms. The van der Waals surface area contributed by atoms with Gasteiger partial charge in [0, 0.05) is 0 Å². The van der Waals surface area contributed by atoms with Crippen LogP contribution in [0.3, 0.4) is 0 Å². The van der Waals surface area contributed by atoms with Crippen LogP contribution in [0.5, 0.6) is 11.5 Å². The molecule has 0 saturated heterocycles. The quantitative estimate of drug-likeness (QED) is 0.279. The zero-order valence-electron chi connectivity index (χ0n) is 17.3. The first-order valence-electron chi connectivity index (χ1n) is 9.69. The number of allylic oxidation sites excluding steroid dienone is 1. The lowest BCUT2D eigenvalue weighted by Gasteiger charge is -2.20. The summed E-state index contributed by atoms with van der Waals surface area (Å²) >= 11 is 2.09. The van der Waals surface area contributed by atoms with Gasteiger partial charge in [0.05, 0.1) is 23.4 Å². The third-order valence-corrected chi connectivity index (χ3v) is 5.51. The molecule has 0 aliphatic rings. The van der Waals surface area contributed by atoms with Crippen LogP contribution in [-0.4, -0.2) is 35.1 Å². The second-order valence-electron chi connectivity index (χ2n) is 7.18. The second-order valence-corrected chi connectivity index (χ2v) is 8.34. The number of hydrogen-bond donors (Lipinski definition) is 3. The van der Waals surface area contributed by atoms with Gasteiger partial charge in [-0.15, -0.1) is 0 Å². The fourth-order valence-corrected chi connectivity index (χ4v) is 3.67. The normalized spacial score (nSPS) is 13.7. The van der Waals surface area contributed by atoms with Crippen molar-refractivity contribution in [2.45, 2.75) is 52.6 Å². The Balaban J connectivity index is 3.01. The minimum absolute atomic E-state index is 0.110. The molecule has 0 spiro atoms. The average Bonchev–Trinajstić information content (AvgIpc) is 2.66. The molecule has 1 atom stereocenters. The van der Waals surface area contributed by atoms with E-state index in [1.807, 2.05) is 26.0 Å². The van der Waals surface area contributed by atoms with Crippen molar-refractivity contribution in [1.82, 2.24) is 0 Å². The van der Waals surface area contributed by atoms with E-state index < -0.39 is 6.10 Å². The zero-order chi connectivity index (χ0) is 21.3. The lowest BCUT2D eigenvalue weighted by Crippen LogP contribution is -2.15. The molecule has 1 aromatic rings. The van der Waals surface area contributed by atoms with Gasteiger partial charge in [0.1, 0.15) is 0 Å². The molecular weight excluding hydrogens is 467 g/mol. The maximum absolute atomic E-state index is 10.7. The second kappa shape index (κ2) is 12.3. The number of benzene rings is 1. The smallest absolute Gasteiger partial charge is 0.171 e. The van der Waals surface area contributed by atoms with Gasteiger partial charge in [0.25, 0.3) is 0 Å². The maximum Gasteiger partial charge on any atom is 0.171 e. The van der Waals surface area contributed by atoms with Gasteiger partial charge < -0.3 is 20.1 Å². The SMILES string of the molecule is C=C(/C(=C/CO)C(O)CC/C(=C/c1cc(I)c(O)c(OC)c1)CCC)C(C)C. The summed E-state index contributed by atoms with van der Waals surface area (Å²) in [5.41, 5.74) is 3.79. The lowest BCUT2D eigenvalue weighted by atomic mass is 9.89. The van der Waals surface area contributed by atoms with Gasteiger partial charge in [-0.25, -0.2) is 0 Å². The Morgan fingerprint density at radius 2 is 1.96 bits per heavy atom. The number of aliphatic hydroxyl groups excluding tert-OH is 2. The van der Waals surface area contributed by atoms with Crippen LogP contribution in [0, 0.1) is 9.49 Å². The summed E-state index contributed by atoms with van der Waals surface area (Å²) in [4.78, 5) is 0. The van der Waals surface area contributed by atoms with E-state index in [2.05, 4.69) is 42.2 Å². The summed E-state index contributed by atoms with van der Waals surface area (Å²) in [6.07, 6.45) is 6.34. The molecule has 1 aromatic carbocycles. The molecule has 28 heavy (non-hydrogen) atoms. The molecule has 0 fully saturated rings. The van der Waals surface area contributed by atoms with Crippen molar-refractivity contribution in [3.63, 3.8) is 0 Å².